The predicted octanol–water partition coefficient (Wildman–Crippen LogP) is 7.01. The van der Waals surface area contributed by atoms with E-state index in [0.717, 1.165) is 27.3 Å². The molecule has 0 fully saturated rings. The van der Waals surface area contributed by atoms with Crippen LogP contribution >= 0.6 is 23.6 Å². The Morgan fingerprint density at radius 1 is 1.03 bits per heavy atom. The SMILES string of the molecule is CCOC(=O)c1c(NC(=S)Nc2ccccc2C(C)(C)C)sc(C)c1-c1ccccc1. The number of anilines is 2. The number of para-hydroxylation sites is 1. The number of hydrogen-bond acceptors (Lipinski definition) is 4. The molecule has 0 radical (unpaired) electrons. The van der Waals surface area contributed by atoms with Crippen LogP contribution in [0.5, 0.6) is 0 Å². The molecule has 0 unspecified atom stereocenters. The fourth-order valence-electron chi connectivity index (χ4n) is 3.49. The van der Waals surface area contributed by atoms with Gasteiger partial charge in [-0.3, -0.25) is 0 Å². The first-order chi connectivity index (χ1) is 14.7. The van der Waals surface area contributed by atoms with Crippen molar-refractivity contribution in [2.45, 2.75) is 40.0 Å². The molecule has 0 saturated carbocycles. The normalized spacial score (nSPS) is 11.1. The monoisotopic (exact) mass is 452 g/mol. The Morgan fingerprint density at radius 2 is 1.68 bits per heavy atom. The molecule has 2 aromatic carbocycles. The summed E-state index contributed by atoms with van der Waals surface area (Å²) in [5.41, 5.74) is 4.45. The van der Waals surface area contributed by atoms with E-state index in [4.69, 9.17) is 17.0 Å². The highest BCUT2D eigenvalue weighted by Crippen LogP contribution is 2.40. The number of rotatable bonds is 5. The van der Waals surface area contributed by atoms with Gasteiger partial charge in [0, 0.05) is 16.1 Å². The van der Waals surface area contributed by atoms with Crippen LogP contribution in [0.4, 0.5) is 10.7 Å². The molecule has 1 aromatic heterocycles. The zero-order valence-electron chi connectivity index (χ0n) is 18.5. The lowest BCUT2D eigenvalue weighted by atomic mass is 9.86. The van der Waals surface area contributed by atoms with Gasteiger partial charge in [0.25, 0.3) is 0 Å². The lowest BCUT2D eigenvalue weighted by Gasteiger charge is -2.23. The fourth-order valence-corrected chi connectivity index (χ4v) is 4.83. The number of thiophene rings is 1. The zero-order valence-corrected chi connectivity index (χ0v) is 20.2. The number of nitrogens with one attached hydrogen (secondary N) is 2. The number of benzene rings is 2. The van der Waals surface area contributed by atoms with Crippen LogP contribution in [0.2, 0.25) is 0 Å². The molecule has 6 heteroatoms. The Kier molecular flexibility index (Phi) is 7.13. The maximum atomic E-state index is 12.9. The van der Waals surface area contributed by atoms with Crippen LogP contribution in [0, 0.1) is 6.92 Å². The number of hydrogen-bond donors (Lipinski definition) is 2. The van der Waals surface area contributed by atoms with Crippen LogP contribution in [-0.4, -0.2) is 17.7 Å². The van der Waals surface area contributed by atoms with Gasteiger partial charge in [-0.05, 0) is 48.7 Å². The van der Waals surface area contributed by atoms with Gasteiger partial charge in [0.1, 0.15) is 10.6 Å². The maximum Gasteiger partial charge on any atom is 0.341 e. The molecule has 0 amide bonds. The van der Waals surface area contributed by atoms with Crippen molar-refractivity contribution in [2.24, 2.45) is 0 Å². The van der Waals surface area contributed by atoms with Crippen LogP contribution < -0.4 is 10.6 Å². The second kappa shape index (κ2) is 9.62. The van der Waals surface area contributed by atoms with Gasteiger partial charge in [-0.1, -0.05) is 69.3 Å². The lowest BCUT2D eigenvalue weighted by Crippen LogP contribution is -2.23. The Bertz CT molecular complexity index is 1080. The molecular weight excluding hydrogens is 424 g/mol. The largest absolute Gasteiger partial charge is 0.462 e. The van der Waals surface area contributed by atoms with Gasteiger partial charge in [-0.15, -0.1) is 11.3 Å². The van der Waals surface area contributed by atoms with Gasteiger partial charge in [0.15, 0.2) is 5.11 Å². The van der Waals surface area contributed by atoms with Gasteiger partial charge in [-0.2, -0.15) is 0 Å². The van der Waals surface area contributed by atoms with E-state index < -0.39 is 0 Å². The number of carbonyl (C=O) groups is 1. The van der Waals surface area contributed by atoms with Crippen LogP contribution in [-0.2, 0) is 10.2 Å². The van der Waals surface area contributed by atoms with Crippen LogP contribution in [0.25, 0.3) is 11.1 Å². The van der Waals surface area contributed by atoms with Gasteiger partial charge in [-0.25, -0.2) is 4.79 Å². The molecule has 1 heterocycles. The highest BCUT2D eigenvalue weighted by Gasteiger charge is 2.25. The minimum atomic E-state index is -0.355. The van der Waals surface area contributed by atoms with E-state index in [1.165, 1.54) is 11.3 Å². The molecule has 0 spiro atoms. The maximum absolute atomic E-state index is 12.9. The highest BCUT2D eigenvalue weighted by molar-refractivity contribution is 7.80. The van der Waals surface area contributed by atoms with Gasteiger partial charge in [0.05, 0.1) is 6.61 Å². The summed E-state index contributed by atoms with van der Waals surface area (Å²) in [4.78, 5) is 13.9. The van der Waals surface area contributed by atoms with Crippen molar-refractivity contribution >= 4 is 45.3 Å². The van der Waals surface area contributed by atoms with Crippen molar-refractivity contribution in [1.29, 1.82) is 0 Å². The van der Waals surface area contributed by atoms with E-state index in [2.05, 4.69) is 37.5 Å². The van der Waals surface area contributed by atoms with Gasteiger partial charge < -0.3 is 15.4 Å². The average Bonchev–Trinajstić information content (AvgIpc) is 3.04. The van der Waals surface area contributed by atoms with Crippen LogP contribution in [0.1, 0.15) is 48.5 Å². The third kappa shape index (κ3) is 5.32. The third-order valence-electron chi connectivity index (χ3n) is 4.84. The minimum Gasteiger partial charge on any atom is -0.462 e. The van der Waals surface area contributed by atoms with Crippen molar-refractivity contribution < 1.29 is 9.53 Å². The van der Waals surface area contributed by atoms with Crippen molar-refractivity contribution in [3.8, 4) is 11.1 Å². The minimum absolute atomic E-state index is 0.0324. The second-order valence-corrected chi connectivity index (χ2v) is 9.83. The van der Waals surface area contributed by atoms with E-state index >= 15 is 0 Å². The number of ether oxygens (including phenoxy) is 1. The predicted molar refractivity (Wildman–Crippen MR) is 135 cm³/mol. The Hall–Kier alpha value is -2.70. The standard InChI is InChI=1S/C25H28N2O2S2/c1-6-29-23(28)21-20(17-12-8-7-9-13-17)16(2)31-22(21)27-24(30)26-19-15-11-10-14-18(19)25(3,4)5/h7-15H,6H2,1-5H3,(H2,26,27,30). The van der Waals surface area contributed by atoms with E-state index in [-0.39, 0.29) is 11.4 Å². The van der Waals surface area contributed by atoms with Crippen molar-refractivity contribution in [1.82, 2.24) is 0 Å². The molecule has 3 aromatic rings. The quantitative estimate of drug-likeness (QED) is 0.322. The molecule has 0 saturated heterocycles. The Labute approximate surface area is 193 Å². The average molecular weight is 453 g/mol. The summed E-state index contributed by atoms with van der Waals surface area (Å²) in [7, 11) is 0. The van der Waals surface area contributed by atoms with E-state index in [1.54, 1.807) is 0 Å². The van der Waals surface area contributed by atoms with E-state index in [9.17, 15) is 4.79 Å². The van der Waals surface area contributed by atoms with Crippen LogP contribution in [0.15, 0.2) is 54.6 Å². The number of aryl methyl sites for hydroxylation is 1. The molecule has 162 valence electrons. The first-order valence-electron chi connectivity index (χ1n) is 10.3. The Morgan fingerprint density at radius 3 is 2.32 bits per heavy atom. The molecule has 0 aliphatic rings. The summed E-state index contributed by atoms with van der Waals surface area (Å²) >= 11 is 7.11. The number of esters is 1. The molecule has 0 atom stereocenters. The summed E-state index contributed by atoms with van der Waals surface area (Å²) in [6.07, 6.45) is 0. The highest BCUT2D eigenvalue weighted by atomic mass is 32.1. The van der Waals surface area contributed by atoms with Crippen molar-refractivity contribution in [3.63, 3.8) is 0 Å². The molecule has 31 heavy (non-hydrogen) atoms. The summed E-state index contributed by atoms with van der Waals surface area (Å²) in [6, 6.07) is 18.0. The zero-order chi connectivity index (χ0) is 22.6. The summed E-state index contributed by atoms with van der Waals surface area (Å²) in [5, 5.41) is 7.67. The molecule has 0 aliphatic carbocycles. The summed E-state index contributed by atoms with van der Waals surface area (Å²) in [5.74, 6) is -0.355. The molecular formula is C25H28N2O2S2. The molecule has 2 N–H and O–H groups in total. The molecule has 0 aliphatic heterocycles. The molecule has 3 rings (SSSR count). The number of thiocarbonyl (C=S) groups is 1. The summed E-state index contributed by atoms with van der Waals surface area (Å²) in [6.45, 7) is 10.6. The van der Waals surface area contributed by atoms with E-state index in [1.807, 2.05) is 62.4 Å². The second-order valence-electron chi connectivity index (χ2n) is 8.20. The first kappa shape index (κ1) is 23.0. The molecule has 0 bridgehead atoms. The summed E-state index contributed by atoms with van der Waals surface area (Å²) < 4.78 is 5.37. The number of carbonyl (C=O) groups excluding carboxylic acids is 1. The van der Waals surface area contributed by atoms with Gasteiger partial charge >= 0.3 is 5.97 Å². The molecule has 4 nitrogen and oxygen atoms in total. The smallest absolute Gasteiger partial charge is 0.341 e. The van der Waals surface area contributed by atoms with Crippen molar-refractivity contribution in [2.75, 3.05) is 17.2 Å². The topological polar surface area (TPSA) is 50.4 Å². The lowest BCUT2D eigenvalue weighted by molar-refractivity contribution is 0.0529. The van der Waals surface area contributed by atoms with Crippen molar-refractivity contribution in [3.05, 3.63) is 70.6 Å². The Balaban J connectivity index is 1.95. The van der Waals surface area contributed by atoms with Crippen LogP contribution in [0.3, 0.4) is 0 Å². The fraction of sp³-hybridized carbons (Fsp3) is 0.280. The first-order valence-corrected chi connectivity index (χ1v) is 11.5. The third-order valence-corrected chi connectivity index (χ3v) is 6.06. The van der Waals surface area contributed by atoms with E-state index in [0.29, 0.717) is 22.3 Å². The van der Waals surface area contributed by atoms with Gasteiger partial charge in [0.2, 0.25) is 0 Å².